The molecular formula is C22H28N2O3. The highest BCUT2D eigenvalue weighted by Gasteiger charge is 2.60. The van der Waals surface area contributed by atoms with Gasteiger partial charge in [0.25, 0.3) is 0 Å². The Bertz CT molecular complexity index is 890. The lowest BCUT2D eigenvalue weighted by atomic mass is 10.0. The molecule has 0 radical (unpaired) electrons. The van der Waals surface area contributed by atoms with E-state index in [1.54, 1.807) is 0 Å². The Morgan fingerprint density at radius 1 is 1.30 bits per heavy atom. The summed E-state index contributed by atoms with van der Waals surface area (Å²) >= 11 is 0. The van der Waals surface area contributed by atoms with Crippen LogP contribution in [-0.2, 0) is 20.7 Å². The quantitative estimate of drug-likeness (QED) is 0.604. The van der Waals surface area contributed by atoms with Crippen LogP contribution in [0.2, 0.25) is 0 Å². The average molecular weight is 368 g/mol. The fraction of sp³-hybridized carbons (Fsp3) is 0.455. The number of allylic oxidation sites excluding steroid dienone is 2. The molecule has 0 aliphatic heterocycles. The lowest BCUT2D eigenvalue weighted by Crippen LogP contribution is -2.44. The number of carbonyl (C=O) groups is 2. The molecule has 0 saturated heterocycles. The Kier molecular flexibility index (Phi) is 5.13. The minimum atomic E-state index is -0.703. The van der Waals surface area contributed by atoms with E-state index in [4.69, 9.17) is 4.74 Å². The van der Waals surface area contributed by atoms with E-state index in [2.05, 4.69) is 30.2 Å². The number of aromatic nitrogens is 1. The first-order valence-corrected chi connectivity index (χ1v) is 9.34. The van der Waals surface area contributed by atoms with Gasteiger partial charge in [-0.2, -0.15) is 0 Å². The van der Waals surface area contributed by atoms with Gasteiger partial charge in [0, 0.05) is 23.5 Å². The number of amides is 1. The lowest BCUT2D eigenvalue weighted by molar-refractivity contribution is -0.145. The number of benzene rings is 1. The Labute approximate surface area is 160 Å². The van der Waals surface area contributed by atoms with Gasteiger partial charge in [-0.3, -0.25) is 4.79 Å². The number of ether oxygens (including phenoxy) is 1. The third-order valence-electron chi connectivity index (χ3n) is 5.61. The van der Waals surface area contributed by atoms with Crippen molar-refractivity contribution >= 4 is 22.8 Å². The molecule has 1 amide bonds. The molecule has 1 saturated carbocycles. The maximum atomic E-state index is 12.9. The molecule has 144 valence electrons. The van der Waals surface area contributed by atoms with Crippen molar-refractivity contribution in [3.05, 3.63) is 47.7 Å². The van der Waals surface area contributed by atoms with Gasteiger partial charge in [0.05, 0.1) is 13.0 Å². The van der Waals surface area contributed by atoms with Crippen molar-refractivity contribution in [3.8, 4) is 0 Å². The van der Waals surface area contributed by atoms with Gasteiger partial charge >= 0.3 is 5.97 Å². The second-order valence-corrected chi connectivity index (χ2v) is 8.22. The van der Waals surface area contributed by atoms with Crippen LogP contribution in [0.15, 0.2) is 42.1 Å². The third kappa shape index (κ3) is 3.77. The molecule has 5 nitrogen and oxygen atoms in total. The van der Waals surface area contributed by atoms with Crippen molar-refractivity contribution in [2.45, 2.75) is 40.2 Å². The van der Waals surface area contributed by atoms with Gasteiger partial charge in [0.2, 0.25) is 5.91 Å². The van der Waals surface area contributed by atoms with Crippen LogP contribution in [0.3, 0.4) is 0 Å². The predicted octanol–water partition coefficient (Wildman–Crippen LogP) is 3.61. The van der Waals surface area contributed by atoms with Crippen LogP contribution in [0, 0.1) is 17.3 Å². The van der Waals surface area contributed by atoms with Gasteiger partial charge in [-0.25, -0.2) is 4.79 Å². The summed E-state index contributed by atoms with van der Waals surface area (Å²) in [5.41, 5.74) is 3.10. The van der Waals surface area contributed by atoms with Crippen molar-refractivity contribution < 1.29 is 14.3 Å². The topological polar surface area (TPSA) is 71.2 Å². The van der Waals surface area contributed by atoms with Crippen LogP contribution >= 0.6 is 0 Å². The average Bonchev–Trinajstić information content (AvgIpc) is 2.96. The molecule has 3 rings (SSSR count). The van der Waals surface area contributed by atoms with Crippen molar-refractivity contribution in [1.29, 1.82) is 0 Å². The molecule has 1 aliphatic rings. The molecule has 1 aromatic carbocycles. The number of aromatic amines is 1. The van der Waals surface area contributed by atoms with Crippen LogP contribution in [0.5, 0.6) is 0 Å². The smallest absolute Gasteiger partial charge is 0.328 e. The van der Waals surface area contributed by atoms with Crippen molar-refractivity contribution in [1.82, 2.24) is 10.3 Å². The number of carbonyl (C=O) groups excluding carboxylic acids is 2. The van der Waals surface area contributed by atoms with Gasteiger partial charge in [-0.1, -0.05) is 43.7 Å². The van der Waals surface area contributed by atoms with Gasteiger partial charge in [-0.15, -0.1) is 0 Å². The maximum Gasteiger partial charge on any atom is 0.328 e. The molecule has 2 N–H and O–H groups in total. The van der Waals surface area contributed by atoms with Crippen molar-refractivity contribution in [2.24, 2.45) is 17.3 Å². The van der Waals surface area contributed by atoms with E-state index in [1.807, 2.05) is 44.3 Å². The molecule has 1 aromatic heterocycles. The summed E-state index contributed by atoms with van der Waals surface area (Å²) in [6.07, 6.45) is 4.43. The molecule has 5 heteroatoms. The first kappa shape index (κ1) is 19.2. The number of fused-ring (bicyclic) bond motifs is 1. The number of hydrogen-bond donors (Lipinski definition) is 2. The second kappa shape index (κ2) is 7.22. The fourth-order valence-electron chi connectivity index (χ4n) is 3.97. The number of methoxy groups -OCH3 is 1. The Hall–Kier alpha value is -2.56. The largest absolute Gasteiger partial charge is 0.467 e. The lowest BCUT2D eigenvalue weighted by Gasteiger charge is -2.17. The van der Waals surface area contributed by atoms with E-state index >= 15 is 0 Å². The summed E-state index contributed by atoms with van der Waals surface area (Å²) in [7, 11) is 1.35. The van der Waals surface area contributed by atoms with Gasteiger partial charge < -0.3 is 15.0 Å². The third-order valence-corrected chi connectivity index (χ3v) is 5.61. The van der Waals surface area contributed by atoms with Gasteiger partial charge in [0.1, 0.15) is 6.04 Å². The van der Waals surface area contributed by atoms with Gasteiger partial charge in [0.15, 0.2) is 0 Å². The summed E-state index contributed by atoms with van der Waals surface area (Å²) in [5.74, 6) is -0.431. The molecular weight excluding hydrogens is 340 g/mol. The highest BCUT2D eigenvalue weighted by molar-refractivity contribution is 5.90. The number of hydrogen-bond acceptors (Lipinski definition) is 3. The first-order valence-electron chi connectivity index (χ1n) is 9.34. The zero-order valence-electron chi connectivity index (χ0n) is 16.6. The van der Waals surface area contributed by atoms with E-state index in [0.29, 0.717) is 6.42 Å². The zero-order chi connectivity index (χ0) is 19.8. The van der Waals surface area contributed by atoms with Gasteiger partial charge in [-0.05, 0) is 36.8 Å². The van der Waals surface area contributed by atoms with Crippen LogP contribution in [0.4, 0.5) is 0 Å². The predicted molar refractivity (Wildman–Crippen MR) is 106 cm³/mol. The summed E-state index contributed by atoms with van der Waals surface area (Å²) < 4.78 is 4.94. The summed E-state index contributed by atoms with van der Waals surface area (Å²) in [6.45, 7) is 8.26. The van der Waals surface area contributed by atoms with Crippen molar-refractivity contribution in [3.63, 3.8) is 0 Å². The SMILES string of the molecule is COC(=O)C(Cc1c[nH]c2ccccc12)NC(=O)C1C(C=C(C)C)C1(C)C. The Morgan fingerprint density at radius 2 is 2.00 bits per heavy atom. The van der Waals surface area contributed by atoms with Crippen LogP contribution in [-0.4, -0.2) is 30.0 Å². The standard InChI is InChI=1S/C22H28N2O3/c1-13(2)10-16-19(22(16,3)4)20(25)24-18(21(26)27-5)11-14-12-23-17-9-7-6-8-15(14)17/h6-10,12,16,18-19,23H,11H2,1-5H3,(H,24,25). The highest BCUT2D eigenvalue weighted by atomic mass is 16.5. The molecule has 27 heavy (non-hydrogen) atoms. The van der Waals surface area contributed by atoms with E-state index in [9.17, 15) is 9.59 Å². The van der Waals surface area contributed by atoms with Crippen LogP contribution in [0.25, 0.3) is 10.9 Å². The molecule has 1 heterocycles. The summed E-state index contributed by atoms with van der Waals surface area (Å²) in [5, 5.41) is 3.99. The number of esters is 1. The minimum absolute atomic E-state index is 0.0854. The number of nitrogens with one attached hydrogen (secondary N) is 2. The number of para-hydroxylation sites is 1. The molecule has 2 aromatic rings. The van der Waals surface area contributed by atoms with E-state index in [1.165, 1.54) is 12.7 Å². The normalized spacial score (nSPS) is 21.4. The Morgan fingerprint density at radius 3 is 2.67 bits per heavy atom. The minimum Gasteiger partial charge on any atom is -0.467 e. The molecule has 0 bridgehead atoms. The van der Waals surface area contributed by atoms with Crippen LogP contribution in [0.1, 0.15) is 33.3 Å². The van der Waals surface area contributed by atoms with E-state index in [0.717, 1.165) is 16.5 Å². The first-order chi connectivity index (χ1) is 12.8. The monoisotopic (exact) mass is 368 g/mol. The highest BCUT2D eigenvalue weighted by Crippen LogP contribution is 2.59. The maximum absolute atomic E-state index is 12.9. The van der Waals surface area contributed by atoms with Crippen LogP contribution < -0.4 is 5.32 Å². The molecule has 3 atom stereocenters. The fourth-order valence-corrected chi connectivity index (χ4v) is 3.97. The van der Waals surface area contributed by atoms with Crippen molar-refractivity contribution in [2.75, 3.05) is 7.11 Å². The number of H-pyrrole nitrogens is 1. The summed E-state index contributed by atoms with van der Waals surface area (Å²) in [6, 6.07) is 7.21. The second-order valence-electron chi connectivity index (χ2n) is 8.22. The molecule has 0 spiro atoms. The summed E-state index contributed by atoms with van der Waals surface area (Å²) in [4.78, 5) is 28.4. The number of rotatable bonds is 6. The molecule has 3 unspecified atom stereocenters. The van der Waals surface area contributed by atoms with E-state index < -0.39 is 12.0 Å². The Balaban J connectivity index is 1.77. The molecule has 1 aliphatic carbocycles. The van der Waals surface area contributed by atoms with E-state index in [-0.39, 0.29) is 23.2 Å². The molecule has 1 fully saturated rings. The zero-order valence-corrected chi connectivity index (χ0v) is 16.6.